The first-order valence-electron chi connectivity index (χ1n) is 17.2. The van der Waals surface area contributed by atoms with Gasteiger partial charge in [0, 0.05) is 63.0 Å². The van der Waals surface area contributed by atoms with Crippen molar-refractivity contribution in [1.29, 1.82) is 0 Å². The molecule has 2 aromatic carbocycles. The largest absolute Gasteiger partial charge is 0.378 e. The van der Waals surface area contributed by atoms with Crippen molar-refractivity contribution in [3.63, 3.8) is 0 Å². The summed E-state index contributed by atoms with van der Waals surface area (Å²) in [5, 5.41) is 10.2. The third-order valence-corrected chi connectivity index (χ3v) is 9.70. The van der Waals surface area contributed by atoms with Crippen molar-refractivity contribution in [3.05, 3.63) is 69.8 Å². The third-order valence-electron chi connectivity index (χ3n) is 9.70. The summed E-state index contributed by atoms with van der Waals surface area (Å²) in [6, 6.07) is 9.42. The van der Waals surface area contributed by atoms with Crippen LogP contribution in [0.5, 0.6) is 0 Å². The maximum Gasteiger partial charge on any atom is 0.255 e. The molecule has 0 aromatic heterocycles. The number of rotatable bonds is 14. The van der Waals surface area contributed by atoms with Crippen LogP contribution >= 0.6 is 0 Å². The lowest BCUT2D eigenvalue weighted by molar-refractivity contribution is -0.138. The van der Waals surface area contributed by atoms with Crippen molar-refractivity contribution in [3.8, 4) is 0 Å². The van der Waals surface area contributed by atoms with Crippen molar-refractivity contribution in [2.45, 2.75) is 76.5 Å². The Hall–Kier alpha value is -5.44. The molecular weight excluding hydrogens is 660 g/mol. The minimum atomic E-state index is -0.698. The van der Waals surface area contributed by atoms with Gasteiger partial charge in [0.25, 0.3) is 11.8 Å². The van der Waals surface area contributed by atoms with Crippen molar-refractivity contribution < 1.29 is 43.1 Å². The van der Waals surface area contributed by atoms with Gasteiger partial charge < -0.3 is 25.2 Å². The van der Waals surface area contributed by atoms with Gasteiger partial charge in [-0.3, -0.25) is 49.0 Å². The Balaban J connectivity index is 0.858. The molecule has 8 amide bonds. The lowest BCUT2D eigenvalue weighted by Crippen LogP contribution is -2.52. The summed E-state index contributed by atoms with van der Waals surface area (Å²) in [7, 11) is 0. The minimum absolute atomic E-state index is 0.159. The van der Waals surface area contributed by atoms with Gasteiger partial charge in [-0.05, 0) is 54.0 Å². The molecule has 15 heteroatoms. The molecule has 2 saturated heterocycles. The van der Waals surface area contributed by atoms with Gasteiger partial charge in [0.2, 0.25) is 35.4 Å². The number of imide groups is 2. The summed E-state index contributed by atoms with van der Waals surface area (Å²) in [5.41, 5.74) is 4.20. The molecule has 0 bridgehead atoms. The van der Waals surface area contributed by atoms with Gasteiger partial charge in [-0.1, -0.05) is 30.3 Å². The lowest BCUT2D eigenvalue weighted by Gasteiger charge is -2.29. The Labute approximate surface area is 293 Å². The monoisotopic (exact) mass is 700 g/mol. The van der Waals surface area contributed by atoms with Crippen LogP contribution in [0.1, 0.15) is 81.5 Å². The Kier molecular flexibility index (Phi) is 10.8. The highest BCUT2D eigenvalue weighted by molar-refractivity contribution is 6.07. The molecule has 2 aromatic rings. The molecule has 268 valence electrons. The second-order valence-electron chi connectivity index (χ2n) is 13.0. The van der Waals surface area contributed by atoms with Crippen molar-refractivity contribution in [2.75, 3.05) is 26.3 Å². The van der Waals surface area contributed by atoms with Crippen molar-refractivity contribution in [2.24, 2.45) is 0 Å². The molecule has 15 nitrogen and oxygen atoms in total. The summed E-state index contributed by atoms with van der Waals surface area (Å²) in [6.45, 7) is 1.58. The maximum absolute atomic E-state index is 13.2. The summed E-state index contributed by atoms with van der Waals surface area (Å²) in [4.78, 5) is 102. The van der Waals surface area contributed by atoms with Crippen LogP contribution < -0.4 is 21.3 Å². The lowest BCUT2D eigenvalue weighted by atomic mass is 9.99. The predicted molar refractivity (Wildman–Crippen MR) is 178 cm³/mol. The normalized spacial score (nSPS) is 19.8. The average molecular weight is 701 g/mol. The quantitative estimate of drug-likeness (QED) is 0.155. The topological polar surface area (TPSA) is 200 Å². The number of carbonyl (C=O) groups excluding carboxylic acids is 8. The summed E-state index contributed by atoms with van der Waals surface area (Å²) >= 11 is 0. The molecule has 4 N–H and O–H groups in total. The molecule has 0 aliphatic carbocycles. The van der Waals surface area contributed by atoms with Crippen molar-refractivity contribution >= 4 is 47.3 Å². The Morgan fingerprint density at radius 2 is 1.25 bits per heavy atom. The highest BCUT2D eigenvalue weighted by Gasteiger charge is 2.41. The highest BCUT2D eigenvalue weighted by Crippen LogP contribution is 2.31. The number of fused-ring (bicyclic) bond motifs is 2. The van der Waals surface area contributed by atoms with Gasteiger partial charge in [0.05, 0.1) is 13.2 Å². The first-order valence-corrected chi connectivity index (χ1v) is 17.2. The number of amides is 8. The van der Waals surface area contributed by atoms with Gasteiger partial charge in [-0.25, -0.2) is 0 Å². The van der Waals surface area contributed by atoms with Gasteiger partial charge in [0.15, 0.2) is 0 Å². The second-order valence-corrected chi connectivity index (χ2v) is 13.0. The molecule has 4 aliphatic heterocycles. The molecular formula is C36H40N6O9. The minimum Gasteiger partial charge on any atom is -0.378 e. The summed E-state index contributed by atoms with van der Waals surface area (Å²) in [6.07, 6.45) is 2.04. The van der Waals surface area contributed by atoms with Gasteiger partial charge in [0.1, 0.15) is 12.1 Å². The fourth-order valence-electron chi connectivity index (χ4n) is 7.08. The Morgan fingerprint density at radius 1 is 0.706 bits per heavy atom. The smallest absolute Gasteiger partial charge is 0.255 e. The number of aryl methyl sites for hydroxylation is 2. The molecule has 4 aliphatic rings. The SMILES string of the molecule is O=C(CCc1cccc2c1CN(C1CCC(=O)NC1=O)C2=O)NCCOCCNC(=O)CCc1cccc2c1C(=O)N(C1CCC(=O)NC1=O)C2. The number of benzene rings is 2. The van der Waals surface area contributed by atoms with Crippen LogP contribution in [0.2, 0.25) is 0 Å². The van der Waals surface area contributed by atoms with E-state index in [1.54, 1.807) is 18.2 Å². The number of carbonyl (C=O) groups is 8. The zero-order valence-electron chi connectivity index (χ0n) is 28.1. The first kappa shape index (κ1) is 35.4. The first-order chi connectivity index (χ1) is 24.6. The fourth-order valence-corrected chi connectivity index (χ4v) is 7.08. The van der Waals surface area contributed by atoms with Crippen LogP contribution in [0.4, 0.5) is 0 Å². The summed E-state index contributed by atoms with van der Waals surface area (Å²) < 4.78 is 5.55. The van der Waals surface area contributed by atoms with Gasteiger partial charge in [-0.2, -0.15) is 0 Å². The van der Waals surface area contributed by atoms with E-state index in [2.05, 4.69) is 21.3 Å². The molecule has 2 unspecified atom stereocenters. The van der Waals surface area contributed by atoms with Crippen LogP contribution in [0.3, 0.4) is 0 Å². The zero-order chi connectivity index (χ0) is 36.1. The fraction of sp³-hybridized carbons (Fsp3) is 0.444. The van der Waals surface area contributed by atoms with Crippen LogP contribution in [0.15, 0.2) is 36.4 Å². The molecule has 0 spiro atoms. The zero-order valence-corrected chi connectivity index (χ0v) is 28.1. The van der Waals surface area contributed by atoms with Crippen molar-refractivity contribution in [1.82, 2.24) is 31.1 Å². The maximum atomic E-state index is 13.2. The molecule has 2 atom stereocenters. The van der Waals surface area contributed by atoms with E-state index in [0.717, 1.165) is 22.3 Å². The van der Waals surface area contributed by atoms with E-state index < -0.39 is 23.9 Å². The van der Waals surface area contributed by atoms with Crippen LogP contribution in [0, 0.1) is 0 Å². The van der Waals surface area contributed by atoms with E-state index in [-0.39, 0.29) is 113 Å². The van der Waals surface area contributed by atoms with E-state index in [4.69, 9.17) is 4.74 Å². The Morgan fingerprint density at radius 3 is 1.86 bits per heavy atom. The van der Waals surface area contributed by atoms with E-state index >= 15 is 0 Å². The number of hydrogen-bond donors (Lipinski definition) is 4. The second kappa shape index (κ2) is 15.6. The van der Waals surface area contributed by atoms with E-state index in [1.807, 2.05) is 18.2 Å². The van der Waals surface area contributed by atoms with E-state index in [0.29, 0.717) is 24.0 Å². The van der Waals surface area contributed by atoms with Crippen LogP contribution in [-0.2, 0) is 59.4 Å². The number of ether oxygens (including phenoxy) is 1. The van der Waals surface area contributed by atoms with Crippen LogP contribution in [0.25, 0.3) is 0 Å². The molecule has 4 heterocycles. The molecule has 6 rings (SSSR count). The number of nitrogens with zero attached hydrogens (tertiary/aromatic N) is 2. The Bertz CT molecular complexity index is 1790. The average Bonchev–Trinajstić information content (AvgIpc) is 3.62. The molecule has 2 fully saturated rings. The van der Waals surface area contributed by atoms with E-state index in [9.17, 15) is 38.4 Å². The summed E-state index contributed by atoms with van der Waals surface area (Å²) in [5.74, 6) is -2.52. The third kappa shape index (κ3) is 7.98. The molecule has 0 saturated carbocycles. The number of hydrogen-bond acceptors (Lipinski definition) is 9. The predicted octanol–water partition coefficient (Wildman–Crippen LogP) is 0.0230. The van der Waals surface area contributed by atoms with Gasteiger partial charge >= 0.3 is 0 Å². The highest BCUT2D eigenvalue weighted by atomic mass is 16.5. The molecule has 51 heavy (non-hydrogen) atoms. The number of nitrogens with one attached hydrogen (secondary N) is 4. The standard InChI is InChI=1S/C36H40N6O9/c43-28(11-7-21-3-2-6-24-25(21)20-42(35(24)49)27-10-14-31(46)40-34(27)48)37-15-17-51-18-16-38-29(44)12-8-22-4-1-5-23-19-41(36(50)32(22)23)26-9-13-30(45)39-33(26)47/h1-6,26-27H,7-20H2,(H,37,43)(H,38,44)(H,39,45,47)(H,40,46,48). The van der Waals surface area contributed by atoms with E-state index in [1.165, 1.54) is 9.80 Å². The number of piperidine rings is 2. The van der Waals surface area contributed by atoms with Crippen LogP contribution in [-0.4, -0.2) is 95.4 Å². The molecule has 0 radical (unpaired) electrons. The van der Waals surface area contributed by atoms with Gasteiger partial charge in [-0.15, -0.1) is 0 Å².